The van der Waals surface area contributed by atoms with Gasteiger partial charge >= 0.3 is 6.18 Å². The number of hydrogen-bond donors (Lipinski definition) is 1. The number of rotatable bonds is 3. The average Bonchev–Trinajstić information content (AvgIpc) is 3.07. The van der Waals surface area contributed by atoms with Gasteiger partial charge in [0.1, 0.15) is 24.2 Å². The van der Waals surface area contributed by atoms with Crippen molar-refractivity contribution in [2.75, 3.05) is 6.61 Å². The number of benzene rings is 2. The minimum atomic E-state index is -4.56. The molecular weight excluding hydrogens is 474 g/mol. The molecule has 0 spiro atoms. The van der Waals surface area contributed by atoms with E-state index in [1.54, 1.807) is 41.1 Å². The number of nitrogens with one attached hydrogen (secondary N) is 1. The van der Waals surface area contributed by atoms with Crippen LogP contribution in [0.3, 0.4) is 0 Å². The molecule has 4 aromatic rings. The third kappa shape index (κ3) is 4.28. The number of fused-ring (bicyclic) bond motifs is 2. The van der Waals surface area contributed by atoms with Gasteiger partial charge in [-0.15, -0.1) is 0 Å². The molecule has 2 aromatic carbocycles. The lowest BCUT2D eigenvalue weighted by Gasteiger charge is -2.30. The molecule has 0 aliphatic carbocycles. The molecule has 1 aliphatic heterocycles. The molecule has 3 heterocycles. The van der Waals surface area contributed by atoms with Crippen LogP contribution in [-0.2, 0) is 13.1 Å². The van der Waals surface area contributed by atoms with Crippen molar-refractivity contribution in [2.45, 2.75) is 25.3 Å². The van der Waals surface area contributed by atoms with Gasteiger partial charge in [0, 0.05) is 48.2 Å². The highest BCUT2D eigenvalue weighted by Gasteiger charge is 2.45. The molecule has 34 heavy (non-hydrogen) atoms. The number of H-pyrrole nitrogens is 1. The van der Waals surface area contributed by atoms with Gasteiger partial charge in [-0.2, -0.15) is 13.2 Å². The molecule has 2 aromatic heterocycles. The maximum absolute atomic E-state index is 13.9. The second kappa shape index (κ2) is 8.48. The van der Waals surface area contributed by atoms with E-state index in [0.29, 0.717) is 22.2 Å². The summed E-state index contributed by atoms with van der Waals surface area (Å²) in [5.41, 5.74) is 1.86. The van der Waals surface area contributed by atoms with Crippen LogP contribution in [0, 0.1) is 5.82 Å². The molecule has 5 nitrogen and oxygen atoms in total. The lowest BCUT2D eigenvalue weighted by atomic mass is 10.1. The van der Waals surface area contributed by atoms with E-state index in [1.807, 2.05) is 0 Å². The van der Waals surface area contributed by atoms with Crippen molar-refractivity contribution in [3.63, 3.8) is 0 Å². The number of aromatic amines is 1. The first-order valence-electron chi connectivity index (χ1n) is 10.4. The Labute approximate surface area is 196 Å². The molecule has 1 atom stereocenters. The molecule has 1 N–H and O–H groups in total. The maximum atomic E-state index is 13.9. The zero-order valence-corrected chi connectivity index (χ0v) is 18.3. The SMILES string of the molecule is O=c1cc(CN2Cc3cc(-n4ccc5cc(F)ccc54)cc(Cl)c3OCC2C(F)(F)F)cc[nH]1. The highest BCUT2D eigenvalue weighted by Crippen LogP contribution is 2.39. The van der Waals surface area contributed by atoms with E-state index in [9.17, 15) is 22.4 Å². The highest BCUT2D eigenvalue weighted by molar-refractivity contribution is 6.32. The first kappa shape index (κ1) is 22.5. The Hall–Kier alpha value is -3.30. The molecule has 0 saturated carbocycles. The van der Waals surface area contributed by atoms with Gasteiger partial charge in [-0.1, -0.05) is 11.6 Å². The Bertz CT molecular complexity index is 1430. The number of alkyl halides is 3. The molecular formula is C24H18ClF4N3O2. The van der Waals surface area contributed by atoms with E-state index in [2.05, 4.69) is 4.98 Å². The zero-order chi connectivity index (χ0) is 24.0. The summed E-state index contributed by atoms with van der Waals surface area (Å²) in [7, 11) is 0. The van der Waals surface area contributed by atoms with Gasteiger partial charge in [0.05, 0.1) is 10.5 Å². The maximum Gasteiger partial charge on any atom is 0.407 e. The Morgan fingerprint density at radius 2 is 1.94 bits per heavy atom. The van der Waals surface area contributed by atoms with Gasteiger partial charge in [0.25, 0.3) is 0 Å². The van der Waals surface area contributed by atoms with Crippen molar-refractivity contribution in [3.05, 3.63) is 93.2 Å². The third-order valence-electron chi connectivity index (χ3n) is 5.84. The first-order valence-corrected chi connectivity index (χ1v) is 10.8. The summed E-state index contributed by atoms with van der Waals surface area (Å²) in [4.78, 5) is 15.3. The number of ether oxygens (including phenoxy) is 1. The molecule has 10 heteroatoms. The molecule has 0 amide bonds. The Morgan fingerprint density at radius 3 is 2.71 bits per heavy atom. The number of pyridine rings is 1. The largest absolute Gasteiger partial charge is 0.490 e. The molecule has 0 saturated heterocycles. The fourth-order valence-corrected chi connectivity index (χ4v) is 4.57. The van der Waals surface area contributed by atoms with Crippen molar-refractivity contribution in [2.24, 2.45) is 0 Å². The van der Waals surface area contributed by atoms with Crippen LogP contribution in [0.15, 0.2) is 65.7 Å². The van der Waals surface area contributed by atoms with E-state index in [-0.39, 0.29) is 29.7 Å². The van der Waals surface area contributed by atoms with Crippen LogP contribution in [0.1, 0.15) is 11.1 Å². The topological polar surface area (TPSA) is 50.3 Å². The van der Waals surface area contributed by atoms with Crippen LogP contribution in [0.25, 0.3) is 16.6 Å². The second-order valence-corrected chi connectivity index (χ2v) is 8.55. The summed E-state index contributed by atoms with van der Waals surface area (Å²) in [6.07, 6.45) is -1.41. The van der Waals surface area contributed by atoms with Crippen molar-refractivity contribution < 1.29 is 22.3 Å². The zero-order valence-electron chi connectivity index (χ0n) is 17.6. The van der Waals surface area contributed by atoms with Crippen LogP contribution in [0.5, 0.6) is 5.75 Å². The molecule has 0 fully saturated rings. The first-order chi connectivity index (χ1) is 16.2. The predicted octanol–water partition coefficient (Wildman–Crippen LogP) is 5.44. The van der Waals surface area contributed by atoms with Crippen molar-refractivity contribution in [1.29, 1.82) is 0 Å². The number of aromatic nitrogens is 2. The van der Waals surface area contributed by atoms with E-state index in [0.717, 1.165) is 5.52 Å². The monoisotopic (exact) mass is 491 g/mol. The van der Waals surface area contributed by atoms with E-state index in [1.165, 1.54) is 29.3 Å². The Morgan fingerprint density at radius 1 is 1.12 bits per heavy atom. The lowest BCUT2D eigenvalue weighted by Crippen LogP contribution is -2.47. The highest BCUT2D eigenvalue weighted by atomic mass is 35.5. The van der Waals surface area contributed by atoms with Gasteiger partial charge < -0.3 is 14.3 Å². The number of halogens is 5. The molecule has 0 bridgehead atoms. The summed E-state index contributed by atoms with van der Waals surface area (Å²) in [5.74, 6) is -0.178. The molecule has 0 radical (unpaired) electrons. The molecule has 5 rings (SSSR count). The van der Waals surface area contributed by atoms with E-state index < -0.39 is 24.4 Å². The van der Waals surface area contributed by atoms with Crippen LogP contribution < -0.4 is 10.3 Å². The lowest BCUT2D eigenvalue weighted by molar-refractivity contribution is -0.192. The van der Waals surface area contributed by atoms with Gasteiger partial charge in [0.2, 0.25) is 5.56 Å². The summed E-state index contributed by atoms with van der Waals surface area (Å²) < 4.78 is 62.7. The van der Waals surface area contributed by atoms with Gasteiger partial charge in [-0.3, -0.25) is 9.69 Å². The van der Waals surface area contributed by atoms with Crippen LogP contribution >= 0.6 is 11.6 Å². The quantitative estimate of drug-likeness (QED) is 0.388. The fraction of sp³-hybridized carbons (Fsp3) is 0.208. The summed E-state index contributed by atoms with van der Waals surface area (Å²) in [6, 6.07) is 10.4. The smallest absolute Gasteiger partial charge is 0.407 e. The van der Waals surface area contributed by atoms with Crippen molar-refractivity contribution in [1.82, 2.24) is 14.5 Å². The number of nitrogens with zero attached hydrogens (tertiary/aromatic N) is 2. The molecule has 176 valence electrons. The second-order valence-electron chi connectivity index (χ2n) is 8.14. The predicted molar refractivity (Wildman–Crippen MR) is 120 cm³/mol. The van der Waals surface area contributed by atoms with Crippen molar-refractivity contribution in [3.8, 4) is 11.4 Å². The van der Waals surface area contributed by atoms with Crippen LogP contribution in [0.2, 0.25) is 5.02 Å². The minimum absolute atomic E-state index is 0.103. The normalized spacial score (nSPS) is 16.8. The third-order valence-corrected chi connectivity index (χ3v) is 6.12. The van der Waals surface area contributed by atoms with Crippen LogP contribution in [-0.4, -0.2) is 33.3 Å². The summed E-state index contributed by atoms with van der Waals surface area (Å²) >= 11 is 6.46. The summed E-state index contributed by atoms with van der Waals surface area (Å²) in [5, 5.41) is 0.853. The molecule has 1 unspecified atom stereocenters. The van der Waals surface area contributed by atoms with Gasteiger partial charge in [-0.25, -0.2) is 4.39 Å². The number of hydrogen-bond acceptors (Lipinski definition) is 3. The van der Waals surface area contributed by atoms with Gasteiger partial charge in [0.15, 0.2) is 0 Å². The Balaban J connectivity index is 1.57. The standard InChI is InChI=1S/C24H18ClF4N3O2/c25-19-10-18(32-6-4-15-8-17(26)1-2-20(15)32)9-16-12-31(11-14-3-5-30-22(33)7-14)21(24(27,28)29)13-34-23(16)19/h1-10,21H,11-13H2,(H,30,33). The van der Waals surface area contributed by atoms with Crippen LogP contribution in [0.4, 0.5) is 17.6 Å². The summed E-state index contributed by atoms with van der Waals surface area (Å²) in [6.45, 7) is -0.845. The van der Waals surface area contributed by atoms with Gasteiger partial charge in [-0.05, 0) is 48.0 Å². The fourth-order valence-electron chi connectivity index (χ4n) is 4.28. The van der Waals surface area contributed by atoms with E-state index in [4.69, 9.17) is 16.3 Å². The minimum Gasteiger partial charge on any atom is -0.490 e. The Kier molecular flexibility index (Phi) is 5.61. The average molecular weight is 492 g/mol. The van der Waals surface area contributed by atoms with Crippen molar-refractivity contribution >= 4 is 22.5 Å². The molecule has 1 aliphatic rings. The van der Waals surface area contributed by atoms with E-state index >= 15 is 0 Å².